The Bertz CT molecular complexity index is 1130. The van der Waals surface area contributed by atoms with Crippen molar-refractivity contribution < 1.29 is 9.28 Å². The summed E-state index contributed by atoms with van der Waals surface area (Å²) in [5.74, 6) is -0.337. The summed E-state index contributed by atoms with van der Waals surface area (Å²) in [4.78, 5) is 13.0. The van der Waals surface area contributed by atoms with Gasteiger partial charge in [-0.2, -0.15) is 5.26 Å². The molecule has 4 heteroatoms. The van der Waals surface area contributed by atoms with E-state index in [0.717, 1.165) is 40.7 Å². The third-order valence-corrected chi connectivity index (χ3v) is 5.77. The van der Waals surface area contributed by atoms with E-state index in [1.165, 1.54) is 5.56 Å². The van der Waals surface area contributed by atoms with E-state index < -0.39 is 0 Å². The molecule has 1 amide bonds. The smallest absolute Gasteiger partial charge is 0.262 e. The van der Waals surface area contributed by atoms with Gasteiger partial charge in [0.2, 0.25) is 0 Å². The molecule has 0 aromatic heterocycles. The van der Waals surface area contributed by atoms with Crippen LogP contribution in [0.3, 0.4) is 0 Å². The van der Waals surface area contributed by atoms with Gasteiger partial charge < -0.3 is 9.80 Å². The number of nitriles is 1. The van der Waals surface area contributed by atoms with Gasteiger partial charge in [0.25, 0.3) is 5.91 Å². The quantitative estimate of drug-likeness (QED) is 0.194. The molecule has 0 aliphatic rings. The maximum atomic E-state index is 13.0. The first kappa shape index (κ1) is 24.7. The molecule has 3 aromatic carbocycles. The van der Waals surface area contributed by atoms with Crippen LogP contribution in [0.25, 0.3) is 11.6 Å². The number of nitrogens with zero attached hydrogens (tertiary/aromatic N) is 2. The van der Waals surface area contributed by atoms with Crippen LogP contribution in [0, 0.1) is 11.3 Å². The number of carbonyl (C=O) groups excluding carboxylic acids is 1. The van der Waals surface area contributed by atoms with Gasteiger partial charge in [-0.15, -0.1) is 0 Å². The van der Waals surface area contributed by atoms with Gasteiger partial charge in [-0.3, -0.25) is 4.79 Å². The second kappa shape index (κ2) is 11.8. The highest BCUT2D eigenvalue weighted by molar-refractivity contribution is 6.07. The molecule has 0 aliphatic heterocycles. The van der Waals surface area contributed by atoms with Crippen molar-refractivity contribution in [3.63, 3.8) is 0 Å². The minimum Gasteiger partial charge on any atom is -0.351 e. The van der Waals surface area contributed by atoms with Gasteiger partial charge in [0.05, 0.1) is 20.6 Å². The molecule has 3 aromatic rings. The van der Waals surface area contributed by atoms with Crippen LogP contribution in [0.2, 0.25) is 0 Å². The van der Waals surface area contributed by atoms with Crippen molar-refractivity contribution in [2.24, 2.45) is 0 Å². The van der Waals surface area contributed by atoms with Crippen molar-refractivity contribution in [1.29, 1.82) is 5.26 Å². The molecule has 0 unspecified atom stereocenters. The zero-order valence-electron chi connectivity index (χ0n) is 20.0. The van der Waals surface area contributed by atoms with E-state index >= 15 is 0 Å². The summed E-state index contributed by atoms with van der Waals surface area (Å²) in [5, 5.41) is 12.9. The average Bonchev–Trinajstić information content (AvgIpc) is 2.86. The third-order valence-electron chi connectivity index (χ3n) is 5.77. The molecule has 0 radical (unpaired) electrons. The van der Waals surface area contributed by atoms with Gasteiger partial charge in [-0.25, -0.2) is 0 Å². The highest BCUT2D eigenvalue weighted by atomic mass is 16.1. The van der Waals surface area contributed by atoms with Crippen molar-refractivity contribution in [2.45, 2.75) is 13.0 Å². The summed E-state index contributed by atoms with van der Waals surface area (Å²) in [5.41, 5.74) is 4.86. The Morgan fingerprint density at radius 2 is 1.50 bits per heavy atom. The molecule has 4 nitrogen and oxygen atoms in total. The summed E-state index contributed by atoms with van der Waals surface area (Å²) >= 11 is 0. The molecule has 0 saturated heterocycles. The fourth-order valence-corrected chi connectivity index (χ4v) is 4.02. The summed E-state index contributed by atoms with van der Waals surface area (Å²) in [6.07, 6.45) is 2.66. The molecule has 0 heterocycles. The van der Waals surface area contributed by atoms with Crippen LogP contribution in [-0.4, -0.2) is 37.6 Å². The summed E-state index contributed by atoms with van der Waals surface area (Å²) < 4.78 is 0.809. The molecule has 0 fully saturated rings. The van der Waals surface area contributed by atoms with Crippen LogP contribution in [0.1, 0.15) is 28.7 Å². The van der Waals surface area contributed by atoms with Crippen molar-refractivity contribution in [2.75, 3.05) is 27.2 Å². The highest BCUT2D eigenvalue weighted by Gasteiger charge is 2.19. The Balaban J connectivity index is 1.66. The third kappa shape index (κ3) is 6.78. The predicted molar refractivity (Wildman–Crippen MR) is 139 cm³/mol. The second-order valence-corrected chi connectivity index (χ2v) is 8.97. The molecule has 0 spiro atoms. The monoisotopic (exact) mass is 450 g/mol. The number of hydrogen-bond acceptors (Lipinski definition) is 2. The summed E-state index contributed by atoms with van der Waals surface area (Å²) in [7, 11) is 4.37. The Labute approximate surface area is 203 Å². The minimum atomic E-state index is -0.337. The number of benzene rings is 3. The van der Waals surface area contributed by atoms with E-state index in [-0.39, 0.29) is 11.5 Å². The molecule has 0 saturated carbocycles. The number of carbonyl (C=O) groups is 1. The Morgan fingerprint density at radius 1 is 0.941 bits per heavy atom. The lowest BCUT2D eigenvalue weighted by atomic mass is 9.93. The van der Waals surface area contributed by atoms with Gasteiger partial charge in [0, 0.05) is 24.1 Å². The van der Waals surface area contributed by atoms with Gasteiger partial charge in [-0.05, 0) is 16.7 Å². The first-order valence-electron chi connectivity index (χ1n) is 11.5. The van der Waals surface area contributed by atoms with Crippen LogP contribution in [0.5, 0.6) is 0 Å². The van der Waals surface area contributed by atoms with Crippen molar-refractivity contribution in [3.8, 4) is 6.07 Å². The summed E-state index contributed by atoms with van der Waals surface area (Å²) in [6, 6.07) is 29.8. The van der Waals surface area contributed by atoms with Crippen LogP contribution in [0.15, 0.2) is 97.1 Å². The topological polar surface area (TPSA) is 52.9 Å². The normalized spacial score (nSPS) is 10.7. The molecular weight excluding hydrogens is 418 g/mol. The minimum absolute atomic E-state index is 0.133. The molecule has 34 heavy (non-hydrogen) atoms. The predicted octanol–water partition coefficient (Wildman–Crippen LogP) is 5.44. The van der Waals surface area contributed by atoms with Crippen LogP contribution in [-0.2, 0) is 11.3 Å². The van der Waals surface area contributed by atoms with Gasteiger partial charge in [0.1, 0.15) is 18.2 Å². The van der Waals surface area contributed by atoms with E-state index in [9.17, 15) is 10.1 Å². The van der Waals surface area contributed by atoms with E-state index in [2.05, 4.69) is 56.3 Å². The maximum Gasteiger partial charge on any atom is 0.262 e. The zero-order chi connectivity index (χ0) is 24.4. The first-order valence-corrected chi connectivity index (χ1v) is 11.5. The molecule has 0 bridgehead atoms. The number of quaternary nitrogens is 1. The molecule has 0 aliphatic carbocycles. The SMILES string of the molecule is C=Cc1ccc(C[N+](C)(C)CCCNC(=O)C(C#N)=C(c2ccccc2)c2ccccc2)cc1. The van der Waals surface area contributed by atoms with Gasteiger partial charge in [0.15, 0.2) is 0 Å². The number of hydrogen-bond donors (Lipinski definition) is 1. The van der Waals surface area contributed by atoms with Crippen molar-refractivity contribution in [3.05, 3.63) is 119 Å². The lowest BCUT2D eigenvalue weighted by molar-refractivity contribution is -0.903. The molecule has 0 atom stereocenters. The van der Waals surface area contributed by atoms with Crippen molar-refractivity contribution >= 4 is 17.6 Å². The zero-order valence-corrected chi connectivity index (χ0v) is 20.0. The fourth-order valence-electron chi connectivity index (χ4n) is 4.02. The fraction of sp³-hybridized carbons (Fsp3) is 0.200. The largest absolute Gasteiger partial charge is 0.351 e. The molecule has 3 rings (SSSR count). The Morgan fingerprint density at radius 3 is 2.00 bits per heavy atom. The van der Waals surface area contributed by atoms with Crippen LogP contribution >= 0.6 is 0 Å². The lowest BCUT2D eigenvalue weighted by Gasteiger charge is -2.30. The average molecular weight is 451 g/mol. The standard InChI is InChI=1S/C30H31N3O/c1-4-24-16-18-25(19-17-24)23-33(2,3)21-11-20-32-30(34)28(22-31)29(26-12-7-5-8-13-26)27-14-9-6-10-15-27/h4-10,12-19H,1,11,20-21,23H2,2-3H3/p+1. The number of amides is 1. The van der Waals surface area contributed by atoms with Gasteiger partial charge >= 0.3 is 0 Å². The molecule has 172 valence electrons. The van der Waals surface area contributed by atoms with E-state index in [1.807, 2.05) is 66.7 Å². The van der Waals surface area contributed by atoms with Crippen LogP contribution in [0.4, 0.5) is 0 Å². The van der Waals surface area contributed by atoms with E-state index in [4.69, 9.17) is 0 Å². The van der Waals surface area contributed by atoms with E-state index in [0.29, 0.717) is 12.1 Å². The number of nitrogens with one attached hydrogen (secondary N) is 1. The van der Waals surface area contributed by atoms with Crippen molar-refractivity contribution in [1.82, 2.24) is 5.32 Å². The summed E-state index contributed by atoms with van der Waals surface area (Å²) in [6.45, 7) is 6.12. The van der Waals surface area contributed by atoms with E-state index in [1.54, 1.807) is 0 Å². The Hall–Kier alpha value is -3.94. The second-order valence-electron chi connectivity index (χ2n) is 8.97. The lowest BCUT2D eigenvalue weighted by Crippen LogP contribution is -2.41. The maximum absolute atomic E-state index is 13.0. The molecular formula is C30H32N3O+. The van der Waals surface area contributed by atoms with Gasteiger partial charge in [-0.1, -0.05) is 97.6 Å². The molecule has 1 N–H and O–H groups in total. The number of rotatable bonds is 10. The highest BCUT2D eigenvalue weighted by Crippen LogP contribution is 2.27. The van der Waals surface area contributed by atoms with Crippen LogP contribution < -0.4 is 5.32 Å². The first-order chi connectivity index (χ1) is 16.4. The Kier molecular flexibility index (Phi) is 8.56.